The first-order chi connectivity index (χ1) is 11.6. The van der Waals surface area contributed by atoms with E-state index in [4.69, 9.17) is 0 Å². The molecule has 3 rings (SSSR count). The molecule has 0 aromatic heterocycles. The van der Waals surface area contributed by atoms with E-state index in [1.807, 2.05) is 18.2 Å². The zero-order chi connectivity index (χ0) is 17.0. The second-order valence-electron chi connectivity index (χ2n) is 6.97. The molecule has 2 saturated heterocycles. The number of hydrogen-bond acceptors (Lipinski definition) is 3. The van der Waals surface area contributed by atoms with E-state index in [0.717, 1.165) is 19.3 Å². The summed E-state index contributed by atoms with van der Waals surface area (Å²) in [6, 6.07) is 10.2. The van der Waals surface area contributed by atoms with E-state index in [0.29, 0.717) is 38.9 Å². The summed E-state index contributed by atoms with van der Waals surface area (Å²) in [5.41, 5.74) is 0.438. The summed E-state index contributed by atoms with van der Waals surface area (Å²) < 4.78 is 0. The molecular formula is C19H26N2O3. The van der Waals surface area contributed by atoms with Crippen molar-refractivity contribution in [2.24, 2.45) is 5.41 Å². The highest BCUT2D eigenvalue weighted by Crippen LogP contribution is 2.37. The number of aryl methyl sites for hydroxylation is 1. The van der Waals surface area contributed by atoms with Crippen LogP contribution in [0.25, 0.3) is 0 Å². The molecule has 2 N–H and O–H groups in total. The monoisotopic (exact) mass is 330 g/mol. The lowest BCUT2D eigenvalue weighted by molar-refractivity contribution is -0.154. The second kappa shape index (κ2) is 7.34. The molecule has 2 fully saturated rings. The third kappa shape index (κ3) is 3.46. The highest BCUT2D eigenvalue weighted by atomic mass is 16.3. The smallest absolute Gasteiger partial charge is 0.230 e. The molecule has 2 aliphatic heterocycles. The van der Waals surface area contributed by atoms with Crippen molar-refractivity contribution in [2.45, 2.75) is 44.6 Å². The molecule has 5 nitrogen and oxygen atoms in total. The van der Waals surface area contributed by atoms with Crippen LogP contribution in [0.2, 0.25) is 0 Å². The molecular weight excluding hydrogens is 304 g/mol. The number of aliphatic hydroxyl groups excluding tert-OH is 1. The van der Waals surface area contributed by atoms with Crippen LogP contribution in [-0.4, -0.2) is 47.6 Å². The average molecular weight is 330 g/mol. The molecule has 130 valence electrons. The number of piperidine rings is 2. The average Bonchev–Trinajstić information content (AvgIpc) is 2.60. The van der Waals surface area contributed by atoms with Gasteiger partial charge in [-0.2, -0.15) is 0 Å². The van der Waals surface area contributed by atoms with Gasteiger partial charge in [-0.15, -0.1) is 0 Å². The molecule has 2 aliphatic rings. The summed E-state index contributed by atoms with van der Waals surface area (Å²) in [5, 5.41) is 13.2. The highest BCUT2D eigenvalue weighted by Gasteiger charge is 2.50. The van der Waals surface area contributed by atoms with Crippen LogP contribution in [0.4, 0.5) is 0 Å². The van der Waals surface area contributed by atoms with Gasteiger partial charge in [0.05, 0.1) is 11.5 Å². The topological polar surface area (TPSA) is 69.6 Å². The standard InChI is InChI=1S/C19H26N2O3/c22-16-10-13-21(14-19(16)11-5-12-20-18(19)24)17(23)9-4-8-15-6-2-1-3-7-15/h1-3,6-7,16,22H,4-5,8-14H2,(H,20,24)/t16-,19+/m0/s1. The van der Waals surface area contributed by atoms with Crippen molar-refractivity contribution >= 4 is 11.8 Å². The molecule has 0 bridgehead atoms. The number of hydrogen-bond donors (Lipinski definition) is 2. The van der Waals surface area contributed by atoms with Gasteiger partial charge in [-0.25, -0.2) is 0 Å². The van der Waals surface area contributed by atoms with Gasteiger partial charge in [0.25, 0.3) is 0 Å². The van der Waals surface area contributed by atoms with E-state index in [9.17, 15) is 14.7 Å². The quantitative estimate of drug-likeness (QED) is 0.879. The molecule has 1 aromatic rings. The van der Waals surface area contributed by atoms with Gasteiger partial charge >= 0.3 is 0 Å². The van der Waals surface area contributed by atoms with Crippen LogP contribution in [-0.2, 0) is 16.0 Å². The Hall–Kier alpha value is -1.88. The summed E-state index contributed by atoms with van der Waals surface area (Å²) in [7, 11) is 0. The van der Waals surface area contributed by atoms with Gasteiger partial charge in [0.1, 0.15) is 0 Å². The molecule has 0 aliphatic carbocycles. The Morgan fingerprint density at radius 1 is 1.33 bits per heavy atom. The Labute approximate surface area is 143 Å². The molecule has 0 saturated carbocycles. The third-order valence-corrected chi connectivity index (χ3v) is 5.37. The first-order valence-corrected chi connectivity index (χ1v) is 8.90. The summed E-state index contributed by atoms with van der Waals surface area (Å²) in [6.07, 6.45) is 3.54. The van der Waals surface area contributed by atoms with Gasteiger partial charge in [-0.3, -0.25) is 9.59 Å². The SMILES string of the molecule is O=C(CCCc1ccccc1)N1CC[C@H](O)[C@@]2(CCCNC2=O)C1. The number of nitrogens with zero attached hydrogens (tertiary/aromatic N) is 1. The minimum Gasteiger partial charge on any atom is -0.392 e. The predicted molar refractivity (Wildman–Crippen MR) is 91.3 cm³/mol. The minimum absolute atomic E-state index is 0.0931. The van der Waals surface area contributed by atoms with Crippen LogP contribution >= 0.6 is 0 Å². The second-order valence-corrected chi connectivity index (χ2v) is 6.97. The normalized spacial score (nSPS) is 27.1. The summed E-state index contributed by atoms with van der Waals surface area (Å²) in [5.74, 6) is -0.00128. The number of rotatable bonds is 4. The molecule has 0 unspecified atom stereocenters. The van der Waals surface area contributed by atoms with E-state index >= 15 is 0 Å². The molecule has 1 aromatic carbocycles. The van der Waals surface area contributed by atoms with Crippen LogP contribution < -0.4 is 5.32 Å². The van der Waals surface area contributed by atoms with Crippen LogP contribution in [0.1, 0.15) is 37.7 Å². The van der Waals surface area contributed by atoms with Gasteiger partial charge in [-0.1, -0.05) is 30.3 Å². The van der Waals surface area contributed by atoms with Crippen molar-refractivity contribution in [1.29, 1.82) is 0 Å². The number of carbonyl (C=O) groups excluding carboxylic acids is 2. The molecule has 5 heteroatoms. The minimum atomic E-state index is -0.800. The molecule has 2 heterocycles. The number of nitrogens with one attached hydrogen (secondary N) is 1. The third-order valence-electron chi connectivity index (χ3n) is 5.37. The Balaban J connectivity index is 1.56. The fourth-order valence-electron chi connectivity index (χ4n) is 3.90. The van der Waals surface area contributed by atoms with Crippen LogP contribution in [0, 0.1) is 5.41 Å². The highest BCUT2D eigenvalue weighted by molar-refractivity contribution is 5.86. The van der Waals surface area contributed by atoms with E-state index < -0.39 is 11.5 Å². The molecule has 0 radical (unpaired) electrons. The predicted octanol–water partition coefficient (Wildman–Crippen LogP) is 1.50. The number of amides is 2. The van der Waals surface area contributed by atoms with Crippen molar-refractivity contribution in [1.82, 2.24) is 10.2 Å². The fourth-order valence-corrected chi connectivity index (χ4v) is 3.90. The van der Waals surface area contributed by atoms with Crippen LogP contribution in [0.5, 0.6) is 0 Å². The Kier molecular flexibility index (Phi) is 5.19. The lowest BCUT2D eigenvalue weighted by Crippen LogP contribution is -2.62. The Morgan fingerprint density at radius 2 is 2.12 bits per heavy atom. The molecule has 24 heavy (non-hydrogen) atoms. The van der Waals surface area contributed by atoms with Crippen molar-refractivity contribution in [3.63, 3.8) is 0 Å². The first kappa shape index (κ1) is 17.0. The van der Waals surface area contributed by atoms with Crippen molar-refractivity contribution in [2.75, 3.05) is 19.6 Å². The Morgan fingerprint density at radius 3 is 2.88 bits per heavy atom. The summed E-state index contributed by atoms with van der Waals surface area (Å²) >= 11 is 0. The first-order valence-electron chi connectivity index (χ1n) is 8.90. The number of benzene rings is 1. The zero-order valence-electron chi connectivity index (χ0n) is 14.0. The fraction of sp³-hybridized carbons (Fsp3) is 0.579. The summed E-state index contributed by atoms with van der Waals surface area (Å²) in [4.78, 5) is 26.7. The van der Waals surface area contributed by atoms with E-state index in [1.54, 1.807) is 4.90 Å². The van der Waals surface area contributed by atoms with Crippen molar-refractivity contribution in [3.8, 4) is 0 Å². The number of aliphatic hydroxyl groups is 1. The van der Waals surface area contributed by atoms with E-state index in [-0.39, 0.29) is 11.8 Å². The van der Waals surface area contributed by atoms with Gasteiger partial charge in [0, 0.05) is 26.1 Å². The van der Waals surface area contributed by atoms with E-state index in [1.165, 1.54) is 5.56 Å². The lowest BCUT2D eigenvalue weighted by atomic mass is 9.71. The maximum Gasteiger partial charge on any atom is 0.230 e. The lowest BCUT2D eigenvalue weighted by Gasteiger charge is -2.46. The zero-order valence-corrected chi connectivity index (χ0v) is 14.0. The maximum atomic E-state index is 12.5. The largest absolute Gasteiger partial charge is 0.392 e. The molecule has 2 amide bonds. The molecule has 1 spiro atoms. The number of likely N-dealkylation sites (tertiary alicyclic amines) is 1. The van der Waals surface area contributed by atoms with Crippen LogP contribution in [0.3, 0.4) is 0 Å². The van der Waals surface area contributed by atoms with Gasteiger partial charge in [0.2, 0.25) is 11.8 Å². The van der Waals surface area contributed by atoms with Gasteiger partial charge in [-0.05, 0) is 37.7 Å². The maximum absolute atomic E-state index is 12.5. The van der Waals surface area contributed by atoms with Crippen molar-refractivity contribution in [3.05, 3.63) is 35.9 Å². The van der Waals surface area contributed by atoms with Crippen molar-refractivity contribution < 1.29 is 14.7 Å². The number of carbonyl (C=O) groups is 2. The van der Waals surface area contributed by atoms with Gasteiger partial charge < -0.3 is 15.3 Å². The summed E-state index contributed by atoms with van der Waals surface area (Å²) in [6.45, 7) is 1.56. The van der Waals surface area contributed by atoms with E-state index in [2.05, 4.69) is 17.4 Å². The Bertz CT molecular complexity index is 590. The molecule has 2 atom stereocenters. The van der Waals surface area contributed by atoms with Crippen LogP contribution in [0.15, 0.2) is 30.3 Å². The van der Waals surface area contributed by atoms with Gasteiger partial charge in [0.15, 0.2) is 0 Å².